The van der Waals surface area contributed by atoms with Gasteiger partial charge in [-0.15, -0.1) is 0 Å². The number of ether oxygens (including phenoxy) is 1. The van der Waals surface area contributed by atoms with Crippen LogP contribution in [0.2, 0.25) is 0 Å². The van der Waals surface area contributed by atoms with Gasteiger partial charge in [0, 0.05) is 23.5 Å². The van der Waals surface area contributed by atoms with E-state index in [-0.39, 0.29) is 5.91 Å². The molecule has 0 spiro atoms. The summed E-state index contributed by atoms with van der Waals surface area (Å²) >= 11 is 0. The molecule has 2 N–H and O–H groups in total. The van der Waals surface area contributed by atoms with Gasteiger partial charge in [-0.3, -0.25) is 14.9 Å². The molecule has 0 aliphatic carbocycles. The molecule has 0 aliphatic rings. The summed E-state index contributed by atoms with van der Waals surface area (Å²) in [5.41, 5.74) is 5.40. The Kier molecular flexibility index (Phi) is 4.62. The normalized spacial score (nSPS) is 10.7. The summed E-state index contributed by atoms with van der Waals surface area (Å²) in [6.45, 7) is 0. The number of rotatable bonds is 5. The number of carbonyl (C=O) groups is 1. The highest BCUT2D eigenvalue weighted by Gasteiger charge is 2.07. The second-order valence-electron chi connectivity index (χ2n) is 4.87. The van der Waals surface area contributed by atoms with Gasteiger partial charge >= 0.3 is 0 Å². The molecule has 1 amide bonds. The van der Waals surface area contributed by atoms with Crippen LogP contribution in [0.5, 0.6) is 5.75 Å². The number of pyridine rings is 1. The Balaban J connectivity index is 1.72. The number of nitrogens with one attached hydrogen (secondary N) is 2. The molecule has 2 aromatic heterocycles. The number of H-pyrrole nitrogens is 1. The van der Waals surface area contributed by atoms with Gasteiger partial charge in [0.25, 0.3) is 5.91 Å². The molecule has 3 rings (SSSR count). The van der Waals surface area contributed by atoms with E-state index in [2.05, 4.69) is 25.7 Å². The molecule has 0 atom stereocenters. The first-order valence-electron chi connectivity index (χ1n) is 7.19. The monoisotopic (exact) mass is 321 g/mol. The van der Waals surface area contributed by atoms with Crippen molar-refractivity contribution >= 4 is 12.1 Å². The number of methoxy groups -OCH3 is 1. The van der Waals surface area contributed by atoms with Crippen LogP contribution in [-0.4, -0.2) is 34.4 Å². The van der Waals surface area contributed by atoms with Crippen molar-refractivity contribution < 1.29 is 9.53 Å². The smallest absolute Gasteiger partial charge is 0.272 e. The zero-order chi connectivity index (χ0) is 16.8. The number of aromatic amines is 1. The molecule has 120 valence electrons. The van der Waals surface area contributed by atoms with E-state index in [1.807, 2.05) is 24.3 Å². The average molecular weight is 321 g/mol. The molecule has 0 saturated heterocycles. The molecular weight excluding hydrogens is 306 g/mol. The minimum absolute atomic E-state index is 0.325. The molecule has 0 bridgehead atoms. The third kappa shape index (κ3) is 3.46. The summed E-state index contributed by atoms with van der Waals surface area (Å²) in [5, 5.41) is 10.9. The third-order valence-corrected chi connectivity index (χ3v) is 3.34. The SMILES string of the molecule is COc1ccc(-c2[nH]ncc2C=NNC(=O)c2cccnc2)cc1. The molecule has 2 heterocycles. The average Bonchev–Trinajstić information content (AvgIpc) is 3.11. The van der Waals surface area contributed by atoms with Crippen molar-refractivity contribution in [2.24, 2.45) is 5.10 Å². The fourth-order valence-corrected chi connectivity index (χ4v) is 2.10. The van der Waals surface area contributed by atoms with Crippen LogP contribution < -0.4 is 10.2 Å². The second-order valence-corrected chi connectivity index (χ2v) is 4.87. The van der Waals surface area contributed by atoms with Crippen molar-refractivity contribution in [3.05, 3.63) is 66.1 Å². The number of aromatic nitrogens is 3. The lowest BCUT2D eigenvalue weighted by atomic mass is 10.1. The van der Waals surface area contributed by atoms with Crippen LogP contribution >= 0.6 is 0 Å². The maximum Gasteiger partial charge on any atom is 0.272 e. The van der Waals surface area contributed by atoms with E-state index >= 15 is 0 Å². The van der Waals surface area contributed by atoms with E-state index in [0.717, 1.165) is 22.6 Å². The summed E-state index contributed by atoms with van der Waals surface area (Å²) in [5.74, 6) is 0.450. The summed E-state index contributed by atoms with van der Waals surface area (Å²) in [6, 6.07) is 10.9. The van der Waals surface area contributed by atoms with Crippen molar-refractivity contribution in [3.63, 3.8) is 0 Å². The van der Waals surface area contributed by atoms with Gasteiger partial charge in [0.2, 0.25) is 0 Å². The first-order valence-corrected chi connectivity index (χ1v) is 7.19. The van der Waals surface area contributed by atoms with Gasteiger partial charge in [-0.25, -0.2) is 5.43 Å². The van der Waals surface area contributed by atoms with E-state index in [9.17, 15) is 4.79 Å². The van der Waals surface area contributed by atoms with Gasteiger partial charge in [-0.2, -0.15) is 10.2 Å². The van der Waals surface area contributed by atoms with Crippen molar-refractivity contribution in [3.8, 4) is 17.0 Å². The van der Waals surface area contributed by atoms with Crippen LogP contribution in [0.1, 0.15) is 15.9 Å². The molecule has 3 aromatic rings. The van der Waals surface area contributed by atoms with Gasteiger partial charge in [0.05, 0.1) is 30.8 Å². The Hall–Kier alpha value is -3.48. The van der Waals surface area contributed by atoms with Gasteiger partial charge in [0.15, 0.2) is 0 Å². The number of hydrogen-bond acceptors (Lipinski definition) is 5. The molecule has 1 aromatic carbocycles. The van der Waals surface area contributed by atoms with Crippen LogP contribution in [0.4, 0.5) is 0 Å². The van der Waals surface area contributed by atoms with Gasteiger partial charge < -0.3 is 4.74 Å². The highest BCUT2D eigenvalue weighted by atomic mass is 16.5. The lowest BCUT2D eigenvalue weighted by molar-refractivity contribution is 0.0955. The predicted octanol–water partition coefficient (Wildman–Crippen LogP) is 2.24. The van der Waals surface area contributed by atoms with Crippen LogP contribution in [0.15, 0.2) is 60.1 Å². The molecule has 0 unspecified atom stereocenters. The van der Waals surface area contributed by atoms with E-state index < -0.39 is 0 Å². The Labute approximate surface area is 138 Å². The third-order valence-electron chi connectivity index (χ3n) is 3.34. The molecule has 0 aliphatic heterocycles. The molecule has 0 saturated carbocycles. The second kappa shape index (κ2) is 7.19. The van der Waals surface area contributed by atoms with Gasteiger partial charge in [0.1, 0.15) is 5.75 Å². The van der Waals surface area contributed by atoms with Crippen LogP contribution in [0.25, 0.3) is 11.3 Å². The van der Waals surface area contributed by atoms with E-state index in [1.54, 1.807) is 31.6 Å². The predicted molar refractivity (Wildman–Crippen MR) is 89.9 cm³/mol. The van der Waals surface area contributed by atoms with Gasteiger partial charge in [-0.05, 0) is 36.4 Å². The minimum atomic E-state index is -0.325. The molecule has 0 radical (unpaired) electrons. The molecule has 7 heteroatoms. The first kappa shape index (κ1) is 15.4. The lowest BCUT2D eigenvalue weighted by Crippen LogP contribution is -2.17. The topological polar surface area (TPSA) is 92.3 Å². The zero-order valence-electron chi connectivity index (χ0n) is 12.9. The van der Waals surface area contributed by atoms with Crippen LogP contribution in [0.3, 0.4) is 0 Å². The Morgan fingerprint density at radius 1 is 1.25 bits per heavy atom. The van der Waals surface area contributed by atoms with E-state index in [1.165, 1.54) is 12.4 Å². The number of amides is 1. The van der Waals surface area contributed by atoms with E-state index in [0.29, 0.717) is 5.56 Å². The minimum Gasteiger partial charge on any atom is -0.497 e. The van der Waals surface area contributed by atoms with E-state index in [4.69, 9.17) is 4.74 Å². The Morgan fingerprint density at radius 2 is 2.08 bits per heavy atom. The maximum atomic E-state index is 11.9. The number of hydrogen-bond donors (Lipinski definition) is 2. The van der Waals surface area contributed by atoms with Gasteiger partial charge in [-0.1, -0.05) is 0 Å². The summed E-state index contributed by atoms with van der Waals surface area (Å²) in [6.07, 6.45) is 6.26. The highest BCUT2D eigenvalue weighted by Crippen LogP contribution is 2.22. The van der Waals surface area contributed by atoms with Crippen molar-refractivity contribution in [1.82, 2.24) is 20.6 Å². The molecule has 7 nitrogen and oxygen atoms in total. The fraction of sp³-hybridized carbons (Fsp3) is 0.0588. The summed E-state index contributed by atoms with van der Waals surface area (Å²) in [4.78, 5) is 15.8. The number of benzene rings is 1. The standard InChI is InChI=1S/C17H15N5O2/c1-24-15-6-4-12(5-7-15)16-14(10-19-21-16)11-20-22-17(23)13-3-2-8-18-9-13/h2-11H,1H3,(H,19,21)(H,22,23). The molecule has 24 heavy (non-hydrogen) atoms. The largest absolute Gasteiger partial charge is 0.497 e. The van der Waals surface area contributed by atoms with Crippen molar-refractivity contribution in [2.75, 3.05) is 7.11 Å². The highest BCUT2D eigenvalue weighted by molar-refractivity contribution is 5.95. The molecule has 0 fully saturated rings. The Bertz CT molecular complexity index is 841. The zero-order valence-corrected chi connectivity index (χ0v) is 12.9. The quantitative estimate of drug-likeness (QED) is 0.557. The number of nitrogens with zero attached hydrogens (tertiary/aromatic N) is 3. The number of carbonyl (C=O) groups excluding carboxylic acids is 1. The number of hydrazone groups is 1. The maximum absolute atomic E-state index is 11.9. The molecular formula is C17H15N5O2. The fourth-order valence-electron chi connectivity index (χ4n) is 2.10. The first-order chi connectivity index (χ1) is 11.8. The van der Waals surface area contributed by atoms with Crippen molar-refractivity contribution in [2.45, 2.75) is 0 Å². The van der Waals surface area contributed by atoms with Crippen molar-refractivity contribution in [1.29, 1.82) is 0 Å². The van der Waals surface area contributed by atoms with Crippen LogP contribution in [0, 0.1) is 0 Å². The summed E-state index contributed by atoms with van der Waals surface area (Å²) < 4.78 is 5.15. The Morgan fingerprint density at radius 3 is 2.79 bits per heavy atom. The van der Waals surface area contributed by atoms with Crippen LogP contribution in [-0.2, 0) is 0 Å². The summed E-state index contributed by atoms with van der Waals surface area (Å²) in [7, 11) is 1.62. The lowest BCUT2D eigenvalue weighted by Gasteiger charge is -2.02.